The molecule has 5 nitrogen and oxygen atoms in total. The maximum absolute atomic E-state index is 13.6. The molecule has 2 amide bonds. The van der Waals surface area contributed by atoms with Crippen LogP contribution in [0.1, 0.15) is 17.0 Å². The Morgan fingerprint density at radius 1 is 0.943 bits per heavy atom. The first kappa shape index (κ1) is 23.0. The van der Waals surface area contributed by atoms with Gasteiger partial charge in [-0.25, -0.2) is 4.39 Å². The van der Waals surface area contributed by atoms with E-state index in [0.717, 1.165) is 44.4 Å². The molecule has 8 heteroatoms. The summed E-state index contributed by atoms with van der Waals surface area (Å²) in [5.74, 6) is -1.83. The lowest BCUT2D eigenvalue weighted by Crippen LogP contribution is -2.54. The van der Waals surface area contributed by atoms with E-state index in [1.807, 2.05) is 38.1 Å². The van der Waals surface area contributed by atoms with Crippen molar-refractivity contribution >= 4 is 63.3 Å². The van der Waals surface area contributed by atoms with E-state index in [9.17, 15) is 14.0 Å². The van der Waals surface area contributed by atoms with Crippen LogP contribution in [0.25, 0.3) is 22.5 Å². The number of carbonyl (C=O) groups is 2. The summed E-state index contributed by atoms with van der Waals surface area (Å²) in [7, 11) is 0. The Morgan fingerprint density at radius 3 is 2.40 bits per heavy atom. The van der Waals surface area contributed by atoms with Gasteiger partial charge < -0.3 is 4.57 Å². The largest absolute Gasteiger partial charge is 0.318 e. The van der Waals surface area contributed by atoms with Crippen LogP contribution in [-0.4, -0.2) is 21.5 Å². The Kier molecular flexibility index (Phi) is 5.75. The van der Waals surface area contributed by atoms with Gasteiger partial charge in [-0.15, -0.1) is 0 Å². The highest BCUT2D eigenvalue weighted by atomic mass is 35.5. The molecule has 1 N–H and O–H groups in total. The van der Waals surface area contributed by atoms with Gasteiger partial charge in [0.15, 0.2) is 5.11 Å². The Balaban J connectivity index is 1.56. The first-order valence-electron chi connectivity index (χ1n) is 10.8. The van der Waals surface area contributed by atoms with Crippen molar-refractivity contribution < 1.29 is 14.0 Å². The van der Waals surface area contributed by atoms with Crippen LogP contribution >= 0.6 is 23.8 Å². The van der Waals surface area contributed by atoms with Crippen LogP contribution in [0, 0.1) is 19.7 Å². The minimum atomic E-state index is -0.619. The summed E-state index contributed by atoms with van der Waals surface area (Å²) < 4.78 is 15.7. The number of carbonyl (C=O) groups excluding carboxylic acids is 2. The number of nitrogens with one attached hydrogen (secondary N) is 1. The summed E-state index contributed by atoms with van der Waals surface area (Å²) in [5, 5.41) is 4.55. The maximum atomic E-state index is 13.6. The minimum Gasteiger partial charge on any atom is -0.318 e. The Labute approximate surface area is 211 Å². The van der Waals surface area contributed by atoms with Crippen LogP contribution in [0.2, 0.25) is 5.02 Å². The Bertz CT molecular complexity index is 1590. The molecule has 4 aromatic rings. The molecule has 1 fully saturated rings. The first-order valence-corrected chi connectivity index (χ1v) is 11.6. The second kappa shape index (κ2) is 8.76. The predicted molar refractivity (Wildman–Crippen MR) is 140 cm³/mol. The summed E-state index contributed by atoms with van der Waals surface area (Å²) in [6.45, 7) is 3.90. The van der Waals surface area contributed by atoms with Gasteiger partial charge in [0.25, 0.3) is 11.8 Å². The lowest BCUT2D eigenvalue weighted by atomic mass is 10.1. The summed E-state index contributed by atoms with van der Waals surface area (Å²) in [5.41, 5.74) is 3.70. The average molecular weight is 504 g/mol. The molecule has 0 unspecified atom stereocenters. The SMILES string of the molecule is Cc1cc(/C=C2\C(=O)NC(=S)N(c3ccc(F)c(Cl)c3)C2=O)c(C)n1-c1ccc2ccccc2c1. The van der Waals surface area contributed by atoms with E-state index in [2.05, 4.69) is 34.1 Å². The van der Waals surface area contributed by atoms with Gasteiger partial charge in [-0.3, -0.25) is 19.8 Å². The topological polar surface area (TPSA) is 54.3 Å². The molecular weight excluding hydrogens is 485 g/mol. The quantitative estimate of drug-likeness (QED) is 0.216. The number of thiocarbonyl (C=S) groups is 1. The van der Waals surface area contributed by atoms with Crippen LogP contribution in [-0.2, 0) is 9.59 Å². The monoisotopic (exact) mass is 503 g/mol. The third-order valence-electron chi connectivity index (χ3n) is 6.02. The summed E-state index contributed by atoms with van der Waals surface area (Å²) >= 11 is 11.1. The molecule has 0 spiro atoms. The fourth-order valence-corrected chi connectivity index (χ4v) is 4.77. The molecule has 0 bridgehead atoms. The molecule has 174 valence electrons. The van der Waals surface area contributed by atoms with Gasteiger partial charge in [0.05, 0.1) is 10.7 Å². The highest BCUT2D eigenvalue weighted by Gasteiger charge is 2.35. The molecule has 0 saturated carbocycles. The molecule has 5 rings (SSSR count). The van der Waals surface area contributed by atoms with Crippen molar-refractivity contribution in [3.8, 4) is 5.69 Å². The van der Waals surface area contributed by atoms with Crippen LogP contribution in [0.5, 0.6) is 0 Å². The highest BCUT2D eigenvalue weighted by molar-refractivity contribution is 7.80. The van der Waals surface area contributed by atoms with E-state index in [-0.39, 0.29) is 21.4 Å². The fraction of sp³-hybridized carbons (Fsp3) is 0.0741. The molecule has 1 aromatic heterocycles. The van der Waals surface area contributed by atoms with Crippen molar-refractivity contribution in [1.29, 1.82) is 0 Å². The minimum absolute atomic E-state index is 0.0854. The lowest BCUT2D eigenvalue weighted by Gasteiger charge is -2.29. The number of hydrogen-bond acceptors (Lipinski definition) is 3. The van der Waals surface area contributed by atoms with Crippen molar-refractivity contribution in [2.24, 2.45) is 0 Å². The van der Waals surface area contributed by atoms with Gasteiger partial charge in [0, 0.05) is 17.1 Å². The normalized spacial score (nSPS) is 15.3. The van der Waals surface area contributed by atoms with Crippen molar-refractivity contribution in [2.75, 3.05) is 4.90 Å². The highest BCUT2D eigenvalue weighted by Crippen LogP contribution is 2.29. The van der Waals surface area contributed by atoms with E-state index >= 15 is 0 Å². The van der Waals surface area contributed by atoms with E-state index in [0.29, 0.717) is 0 Å². The van der Waals surface area contributed by atoms with Crippen LogP contribution < -0.4 is 10.2 Å². The number of hydrogen-bond donors (Lipinski definition) is 1. The number of rotatable bonds is 3. The van der Waals surface area contributed by atoms with E-state index in [1.165, 1.54) is 12.1 Å². The molecule has 1 aliphatic rings. The molecule has 3 aromatic carbocycles. The van der Waals surface area contributed by atoms with Crippen LogP contribution in [0.4, 0.5) is 10.1 Å². The number of nitrogens with zero attached hydrogens (tertiary/aromatic N) is 2. The molecule has 0 radical (unpaired) electrons. The van der Waals surface area contributed by atoms with Gasteiger partial charge in [-0.1, -0.05) is 41.9 Å². The number of fused-ring (bicyclic) bond motifs is 1. The second-order valence-electron chi connectivity index (χ2n) is 8.25. The number of aromatic nitrogens is 1. The number of anilines is 1. The third-order valence-corrected chi connectivity index (χ3v) is 6.60. The molecular formula is C27H19ClFN3O2S. The van der Waals surface area contributed by atoms with Gasteiger partial charge in [-0.05, 0) is 84.9 Å². The second-order valence-corrected chi connectivity index (χ2v) is 9.04. The predicted octanol–water partition coefficient (Wildman–Crippen LogP) is 5.87. The average Bonchev–Trinajstić information content (AvgIpc) is 3.11. The van der Waals surface area contributed by atoms with Gasteiger partial charge in [0.2, 0.25) is 0 Å². The Morgan fingerprint density at radius 2 is 1.66 bits per heavy atom. The molecule has 1 saturated heterocycles. The van der Waals surface area contributed by atoms with Crippen molar-refractivity contribution in [3.05, 3.63) is 100 Å². The van der Waals surface area contributed by atoms with Crippen molar-refractivity contribution in [2.45, 2.75) is 13.8 Å². The summed E-state index contributed by atoms with van der Waals surface area (Å²) in [4.78, 5) is 27.2. The zero-order valence-electron chi connectivity index (χ0n) is 18.8. The summed E-state index contributed by atoms with van der Waals surface area (Å²) in [6, 6.07) is 20.0. The van der Waals surface area contributed by atoms with E-state index < -0.39 is 17.6 Å². The third kappa shape index (κ3) is 4.03. The van der Waals surface area contributed by atoms with Crippen molar-refractivity contribution in [1.82, 2.24) is 9.88 Å². The fourth-order valence-electron chi connectivity index (χ4n) is 4.32. The van der Waals surface area contributed by atoms with E-state index in [1.54, 1.807) is 6.08 Å². The lowest BCUT2D eigenvalue weighted by molar-refractivity contribution is -0.122. The van der Waals surface area contributed by atoms with Crippen LogP contribution in [0.15, 0.2) is 72.3 Å². The van der Waals surface area contributed by atoms with Crippen molar-refractivity contribution in [3.63, 3.8) is 0 Å². The zero-order chi connectivity index (χ0) is 24.9. The maximum Gasteiger partial charge on any atom is 0.270 e. The van der Waals surface area contributed by atoms with Gasteiger partial charge in [-0.2, -0.15) is 0 Å². The number of benzene rings is 3. The zero-order valence-corrected chi connectivity index (χ0v) is 20.4. The smallest absolute Gasteiger partial charge is 0.270 e. The molecule has 0 atom stereocenters. The standard InChI is InChI=1S/C27H19ClFN3O2S/c1-15-11-19(16(2)31(15)20-8-7-17-5-3-4-6-18(17)12-20)13-22-25(33)30-27(35)32(26(22)34)21-9-10-24(29)23(28)14-21/h3-14H,1-2H3,(H,30,33,35)/b22-13+. The van der Waals surface area contributed by atoms with Gasteiger partial charge in [0.1, 0.15) is 11.4 Å². The first-order chi connectivity index (χ1) is 16.7. The molecule has 2 heterocycles. The number of aryl methyl sites for hydroxylation is 1. The molecule has 1 aliphatic heterocycles. The molecule has 0 aliphatic carbocycles. The number of halogens is 2. The van der Waals surface area contributed by atoms with Crippen LogP contribution in [0.3, 0.4) is 0 Å². The molecule has 35 heavy (non-hydrogen) atoms. The number of amides is 2. The van der Waals surface area contributed by atoms with Gasteiger partial charge >= 0.3 is 0 Å². The summed E-state index contributed by atoms with van der Waals surface area (Å²) in [6.07, 6.45) is 1.55. The van der Waals surface area contributed by atoms with E-state index in [4.69, 9.17) is 23.8 Å². The Hall–Kier alpha value is -3.81.